The van der Waals surface area contributed by atoms with E-state index < -0.39 is 4.92 Å². The molecule has 2 fully saturated rings. The van der Waals surface area contributed by atoms with E-state index in [2.05, 4.69) is 18.2 Å². The van der Waals surface area contributed by atoms with E-state index in [0.29, 0.717) is 5.69 Å². The van der Waals surface area contributed by atoms with Gasteiger partial charge >= 0.3 is 0 Å². The maximum Gasteiger partial charge on any atom is 0.271 e. The van der Waals surface area contributed by atoms with Crippen LogP contribution >= 0.6 is 0 Å². The number of rotatable bonds is 3. The molecule has 0 radical (unpaired) electrons. The van der Waals surface area contributed by atoms with Gasteiger partial charge in [-0.2, -0.15) is 0 Å². The lowest BCUT2D eigenvalue weighted by molar-refractivity contribution is -0.384. The molecule has 4 aliphatic rings. The maximum absolute atomic E-state index is 13.1. The highest BCUT2D eigenvalue weighted by Gasteiger charge is 2.64. The van der Waals surface area contributed by atoms with Crippen LogP contribution in [0.25, 0.3) is 0 Å². The van der Waals surface area contributed by atoms with E-state index in [4.69, 9.17) is 0 Å². The number of nitro groups is 1. The summed E-state index contributed by atoms with van der Waals surface area (Å²) in [6, 6.07) is 5.78. The summed E-state index contributed by atoms with van der Waals surface area (Å²) in [4.78, 5) is 37.9. The van der Waals surface area contributed by atoms with Crippen LogP contribution in [0.15, 0.2) is 48.1 Å². The molecule has 1 aromatic carbocycles. The summed E-state index contributed by atoms with van der Waals surface area (Å²) in [6.07, 6.45) is 9.81. The summed E-state index contributed by atoms with van der Waals surface area (Å²) in [7, 11) is 0. The van der Waals surface area contributed by atoms with Crippen LogP contribution in [0.5, 0.6) is 0 Å². The predicted molar refractivity (Wildman–Crippen MR) is 94.1 cm³/mol. The van der Waals surface area contributed by atoms with Crippen molar-refractivity contribution in [3.8, 4) is 0 Å². The Labute approximate surface area is 150 Å². The number of nitrogens with zero attached hydrogens (tertiary/aromatic N) is 2. The van der Waals surface area contributed by atoms with Crippen LogP contribution in [0.2, 0.25) is 0 Å². The van der Waals surface area contributed by atoms with Gasteiger partial charge in [-0.15, -0.1) is 0 Å². The van der Waals surface area contributed by atoms with Crippen molar-refractivity contribution in [3.63, 3.8) is 0 Å². The molecule has 2 bridgehead atoms. The van der Waals surface area contributed by atoms with Gasteiger partial charge in [0.05, 0.1) is 22.4 Å². The molecule has 1 aliphatic heterocycles. The van der Waals surface area contributed by atoms with Gasteiger partial charge in [0.1, 0.15) is 0 Å². The van der Waals surface area contributed by atoms with Gasteiger partial charge in [0.25, 0.3) is 5.69 Å². The van der Waals surface area contributed by atoms with Crippen LogP contribution in [0, 0.1) is 39.7 Å². The minimum Gasteiger partial charge on any atom is -0.274 e. The minimum absolute atomic E-state index is 0.0782. The molecule has 2 amide bonds. The Balaban J connectivity index is 1.50. The third-order valence-electron chi connectivity index (χ3n) is 6.42. The highest BCUT2D eigenvalue weighted by atomic mass is 16.6. The van der Waals surface area contributed by atoms with Crippen LogP contribution in [0.1, 0.15) is 19.3 Å². The van der Waals surface area contributed by atoms with E-state index in [-0.39, 0.29) is 47.1 Å². The zero-order valence-electron chi connectivity index (χ0n) is 14.1. The number of allylic oxidation sites excluding steroid dienone is 4. The molecule has 1 heterocycles. The van der Waals surface area contributed by atoms with Crippen molar-refractivity contribution in [2.75, 3.05) is 4.90 Å². The van der Waals surface area contributed by atoms with Crippen LogP contribution in [0.3, 0.4) is 0 Å². The van der Waals surface area contributed by atoms with E-state index in [0.717, 1.165) is 19.3 Å². The Morgan fingerprint density at radius 1 is 1.04 bits per heavy atom. The van der Waals surface area contributed by atoms with Crippen LogP contribution < -0.4 is 4.90 Å². The Hall–Kier alpha value is -2.76. The molecule has 6 nitrogen and oxygen atoms in total. The normalized spacial score (nSPS) is 34.5. The molecule has 1 aromatic rings. The molecule has 0 aromatic heterocycles. The molecule has 132 valence electrons. The first-order valence-electron chi connectivity index (χ1n) is 9.07. The molecule has 5 atom stereocenters. The first-order valence-corrected chi connectivity index (χ1v) is 9.07. The first-order chi connectivity index (χ1) is 12.6. The molecule has 26 heavy (non-hydrogen) atoms. The van der Waals surface area contributed by atoms with Gasteiger partial charge < -0.3 is 0 Å². The smallest absolute Gasteiger partial charge is 0.271 e. The van der Waals surface area contributed by atoms with Crippen LogP contribution in [-0.2, 0) is 9.59 Å². The summed E-state index contributed by atoms with van der Waals surface area (Å²) < 4.78 is 0. The summed E-state index contributed by atoms with van der Waals surface area (Å²) >= 11 is 0. The van der Waals surface area contributed by atoms with E-state index in [1.807, 2.05) is 0 Å². The van der Waals surface area contributed by atoms with Gasteiger partial charge in [0, 0.05) is 12.1 Å². The van der Waals surface area contributed by atoms with Crippen LogP contribution in [-0.4, -0.2) is 16.7 Å². The van der Waals surface area contributed by atoms with E-state index >= 15 is 0 Å². The second kappa shape index (κ2) is 5.37. The third-order valence-corrected chi connectivity index (χ3v) is 6.42. The maximum atomic E-state index is 13.1. The standard InChI is InChI=1S/C20H18N2O4/c23-19-17-14-8-9-15(16(14)11-4-1-2-5-11)18(17)20(24)21(19)12-6-3-7-13(10-12)22(25)26/h3-4,6-10,14-18H,1-2,5H2/t14-,15+,16?,17-,18-/m1/s1. The quantitative estimate of drug-likeness (QED) is 0.363. The van der Waals surface area contributed by atoms with E-state index in [9.17, 15) is 19.7 Å². The zero-order valence-corrected chi connectivity index (χ0v) is 14.1. The molecule has 0 N–H and O–H groups in total. The number of non-ortho nitro benzene ring substituents is 1. The first kappa shape index (κ1) is 15.5. The second-order valence-electron chi connectivity index (χ2n) is 7.58. The molecule has 1 saturated heterocycles. The fourth-order valence-electron chi connectivity index (χ4n) is 5.45. The largest absolute Gasteiger partial charge is 0.274 e. The molecule has 1 saturated carbocycles. The Morgan fingerprint density at radius 2 is 1.73 bits per heavy atom. The average Bonchev–Trinajstić information content (AvgIpc) is 3.38. The lowest BCUT2D eigenvalue weighted by atomic mass is 9.85. The third kappa shape index (κ3) is 1.92. The molecule has 5 rings (SSSR count). The summed E-state index contributed by atoms with van der Waals surface area (Å²) in [5.74, 6) is -0.634. The minimum atomic E-state index is -0.511. The summed E-state index contributed by atoms with van der Waals surface area (Å²) in [5, 5.41) is 11.0. The highest BCUT2D eigenvalue weighted by molar-refractivity contribution is 6.23. The number of carbonyl (C=O) groups excluding carboxylic acids is 2. The molecule has 0 spiro atoms. The van der Waals surface area contributed by atoms with Crippen molar-refractivity contribution < 1.29 is 14.5 Å². The number of amides is 2. The van der Waals surface area contributed by atoms with Crippen LogP contribution in [0.4, 0.5) is 11.4 Å². The summed E-state index contributed by atoms with van der Waals surface area (Å²) in [5.41, 5.74) is 1.59. The predicted octanol–water partition coefficient (Wildman–Crippen LogP) is 3.24. The topological polar surface area (TPSA) is 80.5 Å². The number of fused-ring (bicyclic) bond motifs is 5. The van der Waals surface area contributed by atoms with E-state index in [1.54, 1.807) is 6.07 Å². The number of hydrogen-bond donors (Lipinski definition) is 0. The fraction of sp³-hybridized carbons (Fsp3) is 0.400. The number of anilines is 1. The van der Waals surface area contributed by atoms with E-state index in [1.165, 1.54) is 28.7 Å². The lowest BCUT2D eigenvalue weighted by Gasteiger charge is -2.23. The Bertz CT molecular complexity index is 871. The lowest BCUT2D eigenvalue weighted by Crippen LogP contribution is -2.34. The Kier molecular flexibility index (Phi) is 3.20. The highest BCUT2D eigenvalue weighted by Crippen LogP contribution is 2.59. The molecule has 3 aliphatic carbocycles. The molecular weight excluding hydrogens is 332 g/mol. The van der Waals surface area contributed by atoms with Gasteiger partial charge in [-0.25, -0.2) is 4.90 Å². The average molecular weight is 350 g/mol. The van der Waals surface area contributed by atoms with Gasteiger partial charge in [0.15, 0.2) is 0 Å². The van der Waals surface area contributed by atoms with Gasteiger partial charge in [-0.05, 0) is 43.1 Å². The van der Waals surface area contributed by atoms with Crippen molar-refractivity contribution in [2.24, 2.45) is 29.6 Å². The van der Waals surface area contributed by atoms with Crippen molar-refractivity contribution in [1.29, 1.82) is 0 Å². The monoisotopic (exact) mass is 350 g/mol. The molecule has 6 heteroatoms. The number of hydrogen-bond acceptors (Lipinski definition) is 4. The zero-order chi connectivity index (χ0) is 18.0. The van der Waals surface area contributed by atoms with Crippen molar-refractivity contribution in [3.05, 3.63) is 58.2 Å². The van der Waals surface area contributed by atoms with Crippen molar-refractivity contribution in [2.45, 2.75) is 19.3 Å². The SMILES string of the molecule is O=C1[C@H]2[C@H](C(=O)N1c1cccc([N+](=O)[O-])c1)[C@H]1C=C[C@@H]2C1C1=CCCC1. The second-order valence-corrected chi connectivity index (χ2v) is 7.58. The number of carbonyl (C=O) groups is 2. The van der Waals surface area contributed by atoms with Gasteiger partial charge in [0.2, 0.25) is 11.8 Å². The number of nitro benzene ring substituents is 1. The van der Waals surface area contributed by atoms with Gasteiger partial charge in [-0.1, -0.05) is 29.9 Å². The molecule has 1 unspecified atom stereocenters. The number of benzene rings is 1. The fourth-order valence-corrected chi connectivity index (χ4v) is 5.45. The van der Waals surface area contributed by atoms with Crippen molar-refractivity contribution >= 4 is 23.2 Å². The Morgan fingerprint density at radius 3 is 2.31 bits per heavy atom. The summed E-state index contributed by atoms with van der Waals surface area (Å²) in [6.45, 7) is 0. The van der Waals surface area contributed by atoms with Gasteiger partial charge in [-0.3, -0.25) is 19.7 Å². The molecular formula is C20H18N2O4. The van der Waals surface area contributed by atoms with Crippen molar-refractivity contribution in [1.82, 2.24) is 0 Å². The number of imide groups is 1.